The Morgan fingerprint density at radius 2 is 2.20 bits per heavy atom. The smallest absolute Gasteiger partial charge is 0.289 e. The van der Waals surface area contributed by atoms with Crippen LogP contribution in [0.5, 0.6) is 0 Å². The third kappa shape index (κ3) is 3.15. The van der Waals surface area contributed by atoms with Crippen molar-refractivity contribution in [1.29, 1.82) is 0 Å². The second-order valence-electron chi connectivity index (χ2n) is 5.99. The van der Waals surface area contributed by atoms with Gasteiger partial charge in [0.2, 0.25) is 0 Å². The Morgan fingerprint density at radius 3 is 2.96 bits per heavy atom. The standard InChI is InChI=1S/C18H17N3O3S/c22-17-8-7-14(16-6-3-11-25-16)19-21(17)12-13-4-1-9-20(13)18(23)15-5-2-10-24-15/h2-3,5-8,10-11,13H,1,4,9,12H2/t13-/m0/s1. The molecular formula is C18H17N3O3S. The third-order valence-electron chi connectivity index (χ3n) is 4.39. The van der Waals surface area contributed by atoms with E-state index in [1.807, 2.05) is 17.5 Å². The maximum atomic E-state index is 12.6. The van der Waals surface area contributed by atoms with Crippen LogP contribution in [0.1, 0.15) is 23.4 Å². The lowest BCUT2D eigenvalue weighted by Crippen LogP contribution is -2.40. The van der Waals surface area contributed by atoms with E-state index in [4.69, 9.17) is 4.42 Å². The Hall–Kier alpha value is -2.67. The molecule has 1 saturated heterocycles. The van der Waals surface area contributed by atoms with E-state index >= 15 is 0 Å². The predicted octanol–water partition coefficient (Wildman–Crippen LogP) is 2.87. The first kappa shape index (κ1) is 15.8. The van der Waals surface area contributed by atoms with Gasteiger partial charge >= 0.3 is 0 Å². The summed E-state index contributed by atoms with van der Waals surface area (Å²) in [5.74, 6) is 0.203. The molecule has 0 unspecified atom stereocenters. The van der Waals surface area contributed by atoms with E-state index in [1.54, 1.807) is 34.4 Å². The summed E-state index contributed by atoms with van der Waals surface area (Å²) in [5.41, 5.74) is 0.620. The molecule has 25 heavy (non-hydrogen) atoms. The molecule has 3 aromatic heterocycles. The minimum atomic E-state index is -0.155. The van der Waals surface area contributed by atoms with Gasteiger partial charge in [0.1, 0.15) is 5.69 Å². The van der Waals surface area contributed by atoms with Crippen LogP contribution in [-0.4, -0.2) is 33.2 Å². The zero-order valence-corrected chi connectivity index (χ0v) is 14.3. The number of nitrogens with zero attached hydrogens (tertiary/aromatic N) is 3. The molecule has 7 heteroatoms. The number of hydrogen-bond donors (Lipinski definition) is 0. The van der Waals surface area contributed by atoms with Gasteiger partial charge in [0.15, 0.2) is 5.76 Å². The zero-order valence-electron chi connectivity index (χ0n) is 13.5. The van der Waals surface area contributed by atoms with Gasteiger partial charge in [-0.2, -0.15) is 5.10 Å². The molecule has 0 radical (unpaired) electrons. The lowest BCUT2D eigenvalue weighted by atomic mass is 10.2. The van der Waals surface area contributed by atoms with E-state index in [1.165, 1.54) is 17.0 Å². The van der Waals surface area contributed by atoms with Crippen molar-refractivity contribution in [2.45, 2.75) is 25.4 Å². The molecule has 3 aromatic rings. The Morgan fingerprint density at radius 1 is 1.28 bits per heavy atom. The van der Waals surface area contributed by atoms with Crippen LogP contribution in [0.3, 0.4) is 0 Å². The van der Waals surface area contributed by atoms with Crippen LogP contribution in [-0.2, 0) is 6.54 Å². The first-order valence-electron chi connectivity index (χ1n) is 8.19. The van der Waals surface area contributed by atoms with Gasteiger partial charge in [-0.3, -0.25) is 9.59 Å². The minimum absolute atomic E-state index is 0.0543. The van der Waals surface area contributed by atoms with E-state index < -0.39 is 0 Å². The van der Waals surface area contributed by atoms with E-state index in [0.29, 0.717) is 18.8 Å². The summed E-state index contributed by atoms with van der Waals surface area (Å²) in [4.78, 5) is 27.6. The highest BCUT2D eigenvalue weighted by Crippen LogP contribution is 2.23. The van der Waals surface area contributed by atoms with E-state index in [0.717, 1.165) is 23.4 Å². The van der Waals surface area contributed by atoms with Crippen molar-refractivity contribution >= 4 is 17.2 Å². The Balaban J connectivity index is 1.58. The number of amides is 1. The average molecular weight is 355 g/mol. The Labute approximate surface area is 148 Å². The fourth-order valence-corrected chi connectivity index (χ4v) is 3.86. The third-order valence-corrected chi connectivity index (χ3v) is 5.29. The van der Waals surface area contributed by atoms with Crippen molar-refractivity contribution in [3.05, 3.63) is 64.2 Å². The molecule has 6 nitrogen and oxygen atoms in total. The molecule has 128 valence electrons. The van der Waals surface area contributed by atoms with E-state index in [2.05, 4.69) is 5.10 Å². The second-order valence-corrected chi connectivity index (χ2v) is 6.94. The number of thiophene rings is 1. The summed E-state index contributed by atoms with van der Waals surface area (Å²) in [5, 5.41) is 6.47. The van der Waals surface area contributed by atoms with Crippen molar-refractivity contribution in [3.8, 4) is 10.6 Å². The molecule has 0 N–H and O–H groups in total. The number of furan rings is 1. The van der Waals surface area contributed by atoms with Crippen molar-refractivity contribution in [2.75, 3.05) is 6.54 Å². The fourth-order valence-electron chi connectivity index (χ4n) is 3.17. The number of likely N-dealkylation sites (tertiary alicyclic amines) is 1. The van der Waals surface area contributed by atoms with Crippen LogP contribution in [0.15, 0.2) is 57.3 Å². The monoisotopic (exact) mass is 355 g/mol. The molecule has 1 aliphatic heterocycles. The summed E-state index contributed by atoms with van der Waals surface area (Å²) >= 11 is 1.58. The summed E-state index contributed by atoms with van der Waals surface area (Å²) in [6.07, 6.45) is 3.26. The molecule has 4 rings (SSSR count). The van der Waals surface area contributed by atoms with Gasteiger partial charge in [-0.15, -0.1) is 11.3 Å². The Kier molecular flexibility index (Phi) is 4.23. The lowest BCUT2D eigenvalue weighted by molar-refractivity contribution is 0.0688. The normalized spacial score (nSPS) is 17.1. The van der Waals surface area contributed by atoms with Crippen LogP contribution in [0.2, 0.25) is 0 Å². The van der Waals surface area contributed by atoms with Crippen LogP contribution in [0.4, 0.5) is 0 Å². The molecule has 1 aliphatic rings. The molecule has 0 spiro atoms. The first-order chi connectivity index (χ1) is 12.2. The van der Waals surface area contributed by atoms with Crippen molar-refractivity contribution in [1.82, 2.24) is 14.7 Å². The van der Waals surface area contributed by atoms with Gasteiger partial charge in [-0.05, 0) is 42.5 Å². The van der Waals surface area contributed by atoms with Gasteiger partial charge in [0.25, 0.3) is 11.5 Å². The molecule has 1 atom stereocenters. The highest BCUT2D eigenvalue weighted by molar-refractivity contribution is 7.13. The molecule has 4 heterocycles. The summed E-state index contributed by atoms with van der Waals surface area (Å²) in [7, 11) is 0. The largest absolute Gasteiger partial charge is 0.459 e. The fraction of sp³-hybridized carbons (Fsp3) is 0.278. The molecular weight excluding hydrogens is 338 g/mol. The molecule has 1 amide bonds. The SMILES string of the molecule is O=C(c1ccco1)N1CCC[C@H]1Cn1nc(-c2cccs2)ccc1=O. The van der Waals surface area contributed by atoms with Crippen molar-refractivity contribution in [2.24, 2.45) is 0 Å². The Bertz CT molecular complexity index is 915. The highest BCUT2D eigenvalue weighted by Gasteiger charge is 2.31. The quantitative estimate of drug-likeness (QED) is 0.722. The second kappa shape index (κ2) is 6.68. The molecule has 0 saturated carbocycles. The van der Waals surface area contributed by atoms with Crippen LogP contribution >= 0.6 is 11.3 Å². The number of aromatic nitrogens is 2. The molecule has 0 bridgehead atoms. The van der Waals surface area contributed by atoms with Crippen LogP contribution < -0.4 is 5.56 Å². The number of carbonyl (C=O) groups excluding carboxylic acids is 1. The van der Waals surface area contributed by atoms with Gasteiger partial charge in [0.05, 0.1) is 23.7 Å². The topological polar surface area (TPSA) is 68.3 Å². The maximum absolute atomic E-state index is 12.6. The molecule has 0 aliphatic carbocycles. The number of carbonyl (C=O) groups is 1. The number of hydrogen-bond acceptors (Lipinski definition) is 5. The highest BCUT2D eigenvalue weighted by atomic mass is 32.1. The van der Waals surface area contributed by atoms with Gasteiger partial charge < -0.3 is 9.32 Å². The lowest BCUT2D eigenvalue weighted by Gasteiger charge is -2.24. The van der Waals surface area contributed by atoms with Crippen LogP contribution in [0.25, 0.3) is 10.6 Å². The molecule has 0 aromatic carbocycles. The maximum Gasteiger partial charge on any atom is 0.289 e. The molecule has 1 fully saturated rings. The van der Waals surface area contributed by atoms with Gasteiger partial charge in [-0.1, -0.05) is 6.07 Å². The van der Waals surface area contributed by atoms with Gasteiger partial charge in [-0.25, -0.2) is 4.68 Å². The summed E-state index contributed by atoms with van der Waals surface area (Å²) < 4.78 is 6.69. The summed E-state index contributed by atoms with van der Waals surface area (Å²) in [6, 6.07) is 10.5. The average Bonchev–Trinajstić information content (AvgIpc) is 3.38. The minimum Gasteiger partial charge on any atom is -0.459 e. The van der Waals surface area contributed by atoms with Crippen molar-refractivity contribution in [3.63, 3.8) is 0 Å². The van der Waals surface area contributed by atoms with E-state index in [9.17, 15) is 9.59 Å². The number of rotatable bonds is 4. The van der Waals surface area contributed by atoms with E-state index in [-0.39, 0.29) is 17.5 Å². The first-order valence-corrected chi connectivity index (χ1v) is 9.07. The van der Waals surface area contributed by atoms with Gasteiger partial charge in [0, 0.05) is 12.6 Å². The van der Waals surface area contributed by atoms with Crippen LogP contribution in [0, 0.1) is 0 Å². The zero-order chi connectivity index (χ0) is 17.2. The predicted molar refractivity (Wildman–Crippen MR) is 94.6 cm³/mol. The van der Waals surface area contributed by atoms with Crippen molar-refractivity contribution < 1.29 is 9.21 Å². The summed E-state index contributed by atoms with van der Waals surface area (Å²) in [6.45, 7) is 1.06.